The van der Waals surface area contributed by atoms with Gasteiger partial charge in [-0.2, -0.15) is 0 Å². The number of halogens is 1. The van der Waals surface area contributed by atoms with E-state index in [4.69, 9.17) is 22.1 Å². The lowest BCUT2D eigenvalue weighted by molar-refractivity contribution is 0.0750. The van der Waals surface area contributed by atoms with Gasteiger partial charge in [0.15, 0.2) is 0 Å². The highest BCUT2D eigenvalue weighted by atomic mass is 35.5. The molecule has 0 saturated heterocycles. The molecule has 2 N–H and O–H groups in total. The summed E-state index contributed by atoms with van der Waals surface area (Å²) < 4.78 is 5.78. The third kappa shape index (κ3) is 5.32. The van der Waals surface area contributed by atoms with Crippen LogP contribution in [0.15, 0.2) is 66.0 Å². The fraction of sp³-hybridized carbons (Fsp3) is 0.190. The SMILES string of the molecule is NCCN(Cc1cccs1)C(=O)c1ccc(OCc2ccccc2)c(Cl)c1. The summed E-state index contributed by atoms with van der Waals surface area (Å²) in [5.74, 6) is 0.464. The second-order valence-corrected chi connectivity index (χ2v) is 7.45. The van der Waals surface area contributed by atoms with Crippen molar-refractivity contribution >= 4 is 28.8 Å². The normalized spacial score (nSPS) is 10.6. The third-order valence-corrected chi connectivity index (χ3v) is 5.19. The molecular formula is C21H21ClN2O2S. The molecule has 0 unspecified atom stereocenters. The predicted molar refractivity (Wildman–Crippen MR) is 110 cm³/mol. The highest BCUT2D eigenvalue weighted by Gasteiger charge is 2.17. The van der Waals surface area contributed by atoms with Gasteiger partial charge in [-0.15, -0.1) is 11.3 Å². The first-order valence-electron chi connectivity index (χ1n) is 8.65. The molecule has 0 spiro atoms. The van der Waals surface area contributed by atoms with E-state index in [9.17, 15) is 4.79 Å². The zero-order valence-corrected chi connectivity index (χ0v) is 16.4. The van der Waals surface area contributed by atoms with Crippen molar-refractivity contribution in [1.29, 1.82) is 0 Å². The number of nitrogens with two attached hydrogens (primary N) is 1. The molecule has 0 aliphatic heterocycles. The molecule has 0 saturated carbocycles. The van der Waals surface area contributed by atoms with Crippen molar-refractivity contribution in [2.24, 2.45) is 5.73 Å². The topological polar surface area (TPSA) is 55.6 Å². The monoisotopic (exact) mass is 400 g/mol. The highest BCUT2D eigenvalue weighted by molar-refractivity contribution is 7.09. The van der Waals surface area contributed by atoms with E-state index in [1.807, 2.05) is 47.8 Å². The van der Waals surface area contributed by atoms with Gasteiger partial charge in [0, 0.05) is 23.5 Å². The molecule has 140 valence electrons. The van der Waals surface area contributed by atoms with Crippen LogP contribution >= 0.6 is 22.9 Å². The molecule has 1 aromatic heterocycles. The second kappa shape index (κ2) is 9.55. The number of nitrogens with zero attached hydrogens (tertiary/aromatic N) is 1. The Morgan fingerprint density at radius 2 is 1.93 bits per heavy atom. The van der Waals surface area contributed by atoms with Gasteiger partial charge >= 0.3 is 0 Å². The van der Waals surface area contributed by atoms with E-state index in [0.717, 1.165) is 10.4 Å². The molecule has 0 radical (unpaired) electrons. The zero-order valence-electron chi connectivity index (χ0n) is 14.8. The number of rotatable bonds is 8. The Morgan fingerprint density at radius 1 is 1.11 bits per heavy atom. The van der Waals surface area contributed by atoms with Crippen LogP contribution in [-0.4, -0.2) is 23.9 Å². The molecule has 2 aromatic carbocycles. The van der Waals surface area contributed by atoms with E-state index >= 15 is 0 Å². The summed E-state index contributed by atoms with van der Waals surface area (Å²) in [7, 11) is 0. The lowest BCUT2D eigenvalue weighted by Gasteiger charge is -2.22. The molecule has 3 aromatic rings. The molecule has 4 nitrogen and oxygen atoms in total. The average Bonchev–Trinajstić information content (AvgIpc) is 3.20. The summed E-state index contributed by atoms with van der Waals surface area (Å²) in [6, 6.07) is 19.0. The van der Waals surface area contributed by atoms with E-state index in [1.54, 1.807) is 34.4 Å². The summed E-state index contributed by atoms with van der Waals surface area (Å²) in [4.78, 5) is 15.7. The van der Waals surface area contributed by atoms with Crippen LogP contribution in [0.1, 0.15) is 20.8 Å². The van der Waals surface area contributed by atoms with Crippen molar-refractivity contribution in [1.82, 2.24) is 4.90 Å². The minimum absolute atomic E-state index is 0.0923. The van der Waals surface area contributed by atoms with E-state index in [0.29, 0.717) is 42.6 Å². The van der Waals surface area contributed by atoms with Crippen molar-refractivity contribution in [3.05, 3.63) is 87.1 Å². The van der Waals surface area contributed by atoms with Gasteiger partial charge in [-0.05, 0) is 35.2 Å². The molecule has 0 fully saturated rings. The summed E-state index contributed by atoms with van der Waals surface area (Å²) in [6.07, 6.45) is 0. The van der Waals surface area contributed by atoms with Gasteiger partial charge in [0.2, 0.25) is 0 Å². The first-order chi connectivity index (χ1) is 13.2. The summed E-state index contributed by atoms with van der Waals surface area (Å²) in [6.45, 7) is 1.85. The van der Waals surface area contributed by atoms with Crippen LogP contribution in [0.5, 0.6) is 5.75 Å². The Bertz CT molecular complexity index is 869. The van der Waals surface area contributed by atoms with E-state index in [-0.39, 0.29) is 5.91 Å². The van der Waals surface area contributed by atoms with E-state index < -0.39 is 0 Å². The second-order valence-electron chi connectivity index (χ2n) is 6.01. The number of amides is 1. The maximum Gasteiger partial charge on any atom is 0.254 e. The molecule has 0 bridgehead atoms. The van der Waals surface area contributed by atoms with E-state index in [2.05, 4.69) is 0 Å². The van der Waals surface area contributed by atoms with Gasteiger partial charge in [-0.3, -0.25) is 4.79 Å². The molecule has 27 heavy (non-hydrogen) atoms. The summed E-state index contributed by atoms with van der Waals surface area (Å²) in [5, 5.41) is 2.41. The number of hydrogen-bond donors (Lipinski definition) is 1. The Labute approximate surface area is 168 Å². The lowest BCUT2D eigenvalue weighted by Crippen LogP contribution is -2.34. The lowest BCUT2D eigenvalue weighted by atomic mass is 10.2. The van der Waals surface area contributed by atoms with Gasteiger partial charge in [-0.1, -0.05) is 48.0 Å². The van der Waals surface area contributed by atoms with E-state index in [1.165, 1.54) is 0 Å². The maximum atomic E-state index is 12.9. The highest BCUT2D eigenvalue weighted by Crippen LogP contribution is 2.27. The molecule has 6 heteroatoms. The number of carbonyl (C=O) groups excluding carboxylic acids is 1. The van der Waals surface area contributed by atoms with Crippen molar-refractivity contribution in [3.63, 3.8) is 0 Å². The van der Waals surface area contributed by atoms with Crippen LogP contribution in [0.25, 0.3) is 0 Å². The van der Waals surface area contributed by atoms with Gasteiger partial charge in [0.1, 0.15) is 12.4 Å². The smallest absolute Gasteiger partial charge is 0.254 e. The fourth-order valence-electron chi connectivity index (χ4n) is 2.67. The Morgan fingerprint density at radius 3 is 2.59 bits per heavy atom. The van der Waals surface area contributed by atoms with Crippen LogP contribution < -0.4 is 10.5 Å². The maximum absolute atomic E-state index is 12.9. The van der Waals surface area contributed by atoms with Crippen LogP contribution in [0.3, 0.4) is 0 Å². The van der Waals surface area contributed by atoms with Crippen LogP contribution in [0.2, 0.25) is 5.02 Å². The molecule has 0 aliphatic carbocycles. The summed E-state index contributed by atoms with van der Waals surface area (Å²) >= 11 is 7.96. The van der Waals surface area contributed by atoms with Gasteiger partial charge < -0.3 is 15.4 Å². The van der Waals surface area contributed by atoms with Crippen molar-refractivity contribution in [2.45, 2.75) is 13.2 Å². The largest absolute Gasteiger partial charge is 0.487 e. The fourth-order valence-corrected chi connectivity index (χ4v) is 3.62. The molecule has 1 amide bonds. The zero-order chi connectivity index (χ0) is 19.1. The predicted octanol–water partition coefficient (Wildman–Crippen LogP) is 4.58. The minimum Gasteiger partial charge on any atom is -0.487 e. The van der Waals surface area contributed by atoms with Gasteiger partial charge in [0.25, 0.3) is 5.91 Å². The Balaban J connectivity index is 1.69. The van der Waals surface area contributed by atoms with Gasteiger partial charge in [0.05, 0.1) is 11.6 Å². The Hall–Kier alpha value is -2.34. The number of benzene rings is 2. The average molecular weight is 401 g/mol. The van der Waals surface area contributed by atoms with Crippen LogP contribution in [-0.2, 0) is 13.2 Å². The third-order valence-electron chi connectivity index (χ3n) is 4.03. The number of hydrogen-bond acceptors (Lipinski definition) is 4. The van der Waals surface area contributed by atoms with Crippen molar-refractivity contribution in [3.8, 4) is 5.75 Å². The minimum atomic E-state index is -0.0923. The molecular weight excluding hydrogens is 380 g/mol. The Kier molecular flexibility index (Phi) is 6.87. The van der Waals surface area contributed by atoms with Gasteiger partial charge in [-0.25, -0.2) is 0 Å². The quantitative estimate of drug-likeness (QED) is 0.602. The van der Waals surface area contributed by atoms with Crippen molar-refractivity contribution in [2.75, 3.05) is 13.1 Å². The number of ether oxygens (including phenoxy) is 1. The van der Waals surface area contributed by atoms with Crippen molar-refractivity contribution < 1.29 is 9.53 Å². The van der Waals surface area contributed by atoms with Crippen LogP contribution in [0.4, 0.5) is 0 Å². The summed E-state index contributed by atoms with van der Waals surface area (Å²) in [5.41, 5.74) is 7.27. The first kappa shape index (κ1) is 19.4. The molecule has 1 heterocycles. The molecule has 0 aliphatic rings. The number of thiophene rings is 1. The van der Waals surface area contributed by atoms with Crippen LogP contribution in [0, 0.1) is 0 Å². The molecule has 3 rings (SSSR count). The molecule has 0 atom stereocenters. The standard InChI is InChI=1S/C21H21ClN2O2S/c22-19-13-17(8-9-20(19)26-15-16-5-2-1-3-6-16)21(25)24(11-10-23)14-18-7-4-12-27-18/h1-9,12-13H,10-11,14-15,23H2. The first-order valence-corrected chi connectivity index (χ1v) is 9.91. The number of carbonyl (C=O) groups is 1.